The Hall–Kier alpha value is -0.260. The smallest absolute Gasteiger partial charge is 0.324 e. The standard InChI is InChI=1S/C9H19NO3S/c1-3-4-10-9(2,8(12)13)7-14-6-5-11/h10-11H,3-7H2,1-2H3,(H,12,13). The lowest BCUT2D eigenvalue weighted by Gasteiger charge is -2.25. The van der Waals surface area contributed by atoms with E-state index in [2.05, 4.69) is 5.32 Å². The third-order valence-corrected chi connectivity index (χ3v) is 3.12. The molecule has 1 atom stereocenters. The SMILES string of the molecule is CCCNC(C)(CSCCO)C(=O)O. The van der Waals surface area contributed by atoms with E-state index in [9.17, 15) is 4.79 Å². The molecule has 0 rings (SSSR count). The van der Waals surface area contributed by atoms with E-state index in [0.29, 0.717) is 18.1 Å². The first-order valence-electron chi connectivity index (χ1n) is 4.74. The van der Waals surface area contributed by atoms with Gasteiger partial charge in [0.2, 0.25) is 0 Å². The van der Waals surface area contributed by atoms with Crippen LogP contribution in [0.25, 0.3) is 0 Å². The molecular weight excluding hydrogens is 202 g/mol. The predicted molar refractivity (Wildman–Crippen MR) is 58.7 cm³/mol. The molecule has 0 aromatic rings. The van der Waals surface area contributed by atoms with Crippen LogP contribution in [0.1, 0.15) is 20.3 Å². The maximum absolute atomic E-state index is 11.0. The van der Waals surface area contributed by atoms with Crippen molar-refractivity contribution in [1.29, 1.82) is 0 Å². The number of hydrogen-bond acceptors (Lipinski definition) is 4. The van der Waals surface area contributed by atoms with Gasteiger partial charge in [-0.2, -0.15) is 11.8 Å². The lowest BCUT2D eigenvalue weighted by Crippen LogP contribution is -2.52. The average Bonchev–Trinajstić information content (AvgIpc) is 2.15. The van der Waals surface area contributed by atoms with Crippen molar-refractivity contribution in [3.05, 3.63) is 0 Å². The maximum Gasteiger partial charge on any atom is 0.324 e. The fourth-order valence-electron chi connectivity index (χ4n) is 0.930. The van der Waals surface area contributed by atoms with E-state index < -0.39 is 11.5 Å². The number of aliphatic hydroxyl groups excluding tert-OH is 1. The van der Waals surface area contributed by atoms with Gasteiger partial charge in [0.25, 0.3) is 0 Å². The molecule has 3 N–H and O–H groups in total. The number of carboxylic acid groups (broad SMARTS) is 1. The summed E-state index contributed by atoms with van der Waals surface area (Å²) in [6.07, 6.45) is 0.910. The number of aliphatic hydroxyl groups is 1. The van der Waals surface area contributed by atoms with Gasteiger partial charge in [-0.25, -0.2) is 0 Å². The number of rotatable bonds is 8. The van der Waals surface area contributed by atoms with Gasteiger partial charge in [-0.1, -0.05) is 6.92 Å². The summed E-state index contributed by atoms with van der Waals surface area (Å²) in [5.41, 5.74) is -0.879. The van der Waals surface area contributed by atoms with Crippen molar-refractivity contribution in [2.75, 3.05) is 24.7 Å². The first-order valence-corrected chi connectivity index (χ1v) is 5.89. The van der Waals surface area contributed by atoms with E-state index in [1.165, 1.54) is 11.8 Å². The van der Waals surface area contributed by atoms with Crippen molar-refractivity contribution < 1.29 is 15.0 Å². The molecule has 0 aliphatic rings. The average molecular weight is 221 g/mol. The van der Waals surface area contributed by atoms with Gasteiger partial charge < -0.3 is 15.5 Å². The highest BCUT2D eigenvalue weighted by Crippen LogP contribution is 2.13. The summed E-state index contributed by atoms with van der Waals surface area (Å²) < 4.78 is 0. The van der Waals surface area contributed by atoms with E-state index in [0.717, 1.165) is 6.42 Å². The summed E-state index contributed by atoms with van der Waals surface area (Å²) in [5.74, 6) is 0.218. The first-order chi connectivity index (χ1) is 6.56. The molecule has 1 unspecified atom stereocenters. The van der Waals surface area contributed by atoms with Crippen molar-refractivity contribution in [1.82, 2.24) is 5.32 Å². The van der Waals surface area contributed by atoms with Gasteiger partial charge in [0.15, 0.2) is 0 Å². The summed E-state index contributed by atoms with van der Waals surface area (Å²) in [6, 6.07) is 0. The Morgan fingerprint density at radius 3 is 2.64 bits per heavy atom. The molecular formula is C9H19NO3S. The third kappa shape index (κ3) is 4.83. The van der Waals surface area contributed by atoms with Crippen LogP contribution < -0.4 is 5.32 Å². The number of thioether (sulfide) groups is 1. The number of carbonyl (C=O) groups is 1. The van der Waals surface area contributed by atoms with Gasteiger partial charge in [-0.3, -0.25) is 4.79 Å². The van der Waals surface area contributed by atoms with Gasteiger partial charge in [-0.15, -0.1) is 0 Å². The second kappa shape index (κ2) is 7.09. The monoisotopic (exact) mass is 221 g/mol. The van der Waals surface area contributed by atoms with Crippen LogP contribution in [-0.4, -0.2) is 46.4 Å². The van der Waals surface area contributed by atoms with Gasteiger partial charge >= 0.3 is 5.97 Å². The van der Waals surface area contributed by atoms with Crippen LogP contribution in [0.4, 0.5) is 0 Å². The molecule has 0 bridgehead atoms. The maximum atomic E-state index is 11.0. The predicted octanol–water partition coefficient (Wildman–Crippen LogP) is 0.555. The van der Waals surface area contributed by atoms with E-state index in [-0.39, 0.29) is 6.61 Å². The van der Waals surface area contributed by atoms with E-state index >= 15 is 0 Å². The van der Waals surface area contributed by atoms with Crippen LogP contribution in [0.15, 0.2) is 0 Å². The molecule has 0 amide bonds. The highest BCUT2D eigenvalue weighted by Gasteiger charge is 2.31. The molecule has 4 nitrogen and oxygen atoms in total. The third-order valence-electron chi connectivity index (χ3n) is 1.86. The van der Waals surface area contributed by atoms with Crippen LogP contribution in [0, 0.1) is 0 Å². The molecule has 0 radical (unpaired) electrons. The molecule has 0 saturated carbocycles. The zero-order chi connectivity index (χ0) is 11.0. The summed E-state index contributed by atoms with van der Waals surface area (Å²) in [4.78, 5) is 11.0. The normalized spacial score (nSPS) is 15.1. The zero-order valence-electron chi connectivity index (χ0n) is 8.75. The molecule has 0 fully saturated rings. The Bertz CT molecular complexity index is 177. The van der Waals surface area contributed by atoms with Gasteiger partial charge in [0.1, 0.15) is 5.54 Å². The Labute approximate surface area is 89.1 Å². The van der Waals surface area contributed by atoms with Gasteiger partial charge in [0.05, 0.1) is 6.61 Å². The van der Waals surface area contributed by atoms with E-state index in [1.807, 2.05) is 6.92 Å². The molecule has 84 valence electrons. The molecule has 0 aliphatic carbocycles. The first kappa shape index (κ1) is 13.7. The molecule has 0 aromatic heterocycles. The van der Waals surface area contributed by atoms with E-state index in [4.69, 9.17) is 10.2 Å². The zero-order valence-corrected chi connectivity index (χ0v) is 9.56. The van der Waals surface area contributed by atoms with Crippen LogP contribution in [0.5, 0.6) is 0 Å². The summed E-state index contributed by atoms with van der Waals surface area (Å²) in [5, 5.41) is 20.6. The molecule has 0 aromatic carbocycles. The van der Waals surface area contributed by atoms with Crippen molar-refractivity contribution in [3.63, 3.8) is 0 Å². The molecule has 14 heavy (non-hydrogen) atoms. The van der Waals surface area contributed by atoms with Gasteiger partial charge in [0, 0.05) is 11.5 Å². The van der Waals surface area contributed by atoms with Crippen molar-refractivity contribution in [2.45, 2.75) is 25.8 Å². The second-order valence-electron chi connectivity index (χ2n) is 3.34. The summed E-state index contributed by atoms with van der Waals surface area (Å²) >= 11 is 1.45. The lowest BCUT2D eigenvalue weighted by atomic mass is 10.1. The molecule has 0 saturated heterocycles. The number of hydrogen-bond donors (Lipinski definition) is 3. The fraction of sp³-hybridized carbons (Fsp3) is 0.889. The van der Waals surface area contributed by atoms with Crippen LogP contribution in [-0.2, 0) is 4.79 Å². The van der Waals surface area contributed by atoms with Crippen LogP contribution in [0.2, 0.25) is 0 Å². The highest BCUT2D eigenvalue weighted by atomic mass is 32.2. The molecule has 0 aliphatic heterocycles. The van der Waals surface area contributed by atoms with Crippen molar-refractivity contribution in [3.8, 4) is 0 Å². The van der Waals surface area contributed by atoms with Crippen LogP contribution >= 0.6 is 11.8 Å². The quantitative estimate of drug-likeness (QED) is 0.522. The van der Waals surface area contributed by atoms with E-state index in [1.54, 1.807) is 6.92 Å². The molecule has 5 heteroatoms. The summed E-state index contributed by atoms with van der Waals surface area (Å²) in [6.45, 7) is 4.46. The topological polar surface area (TPSA) is 69.6 Å². The highest BCUT2D eigenvalue weighted by molar-refractivity contribution is 7.99. The van der Waals surface area contributed by atoms with Gasteiger partial charge in [-0.05, 0) is 19.9 Å². The number of carboxylic acids is 1. The minimum atomic E-state index is -0.879. The summed E-state index contributed by atoms with van der Waals surface area (Å²) in [7, 11) is 0. The minimum absolute atomic E-state index is 0.0914. The van der Waals surface area contributed by atoms with Crippen LogP contribution in [0.3, 0.4) is 0 Å². The second-order valence-corrected chi connectivity index (χ2v) is 4.45. The van der Waals surface area contributed by atoms with Crippen molar-refractivity contribution >= 4 is 17.7 Å². The molecule has 0 heterocycles. The fourth-order valence-corrected chi connectivity index (χ4v) is 1.84. The largest absolute Gasteiger partial charge is 0.480 e. The Kier molecular flexibility index (Phi) is 6.96. The Balaban J connectivity index is 4.03. The number of nitrogens with one attached hydrogen (secondary N) is 1. The lowest BCUT2D eigenvalue weighted by molar-refractivity contribution is -0.143. The minimum Gasteiger partial charge on any atom is -0.480 e. The number of aliphatic carboxylic acids is 1. The Morgan fingerprint density at radius 1 is 1.57 bits per heavy atom. The Morgan fingerprint density at radius 2 is 2.21 bits per heavy atom. The molecule has 0 spiro atoms. The van der Waals surface area contributed by atoms with Crippen molar-refractivity contribution in [2.24, 2.45) is 0 Å².